The molecule has 0 spiro atoms. The third-order valence-electron chi connectivity index (χ3n) is 1.87. The molecule has 0 aromatic carbocycles. The SMILES string of the molecule is CCCN(CC)C(=O)N[C@@H](C)C(=O)O. The second-order valence-corrected chi connectivity index (χ2v) is 3.09. The van der Waals surface area contributed by atoms with Crippen LogP contribution >= 0.6 is 0 Å². The maximum Gasteiger partial charge on any atom is 0.325 e. The number of hydrogen-bond acceptors (Lipinski definition) is 2. The van der Waals surface area contributed by atoms with Gasteiger partial charge in [0.1, 0.15) is 6.04 Å². The Morgan fingerprint density at radius 2 is 2.00 bits per heavy atom. The lowest BCUT2D eigenvalue weighted by Gasteiger charge is -2.21. The number of nitrogens with zero attached hydrogens (tertiary/aromatic N) is 1. The molecule has 0 radical (unpaired) electrons. The first-order chi connectivity index (χ1) is 6.52. The van der Waals surface area contributed by atoms with Gasteiger partial charge in [0.2, 0.25) is 0 Å². The molecule has 82 valence electrons. The van der Waals surface area contributed by atoms with Crippen LogP contribution in [0.3, 0.4) is 0 Å². The quantitative estimate of drug-likeness (QED) is 0.696. The average Bonchev–Trinajstić information content (AvgIpc) is 2.13. The molecule has 0 rings (SSSR count). The Labute approximate surface area is 84.1 Å². The number of carbonyl (C=O) groups excluding carboxylic acids is 1. The van der Waals surface area contributed by atoms with Crippen LogP contribution in [0.4, 0.5) is 4.79 Å². The van der Waals surface area contributed by atoms with Crippen molar-refractivity contribution in [3.05, 3.63) is 0 Å². The summed E-state index contributed by atoms with van der Waals surface area (Å²) < 4.78 is 0. The van der Waals surface area contributed by atoms with E-state index in [9.17, 15) is 9.59 Å². The van der Waals surface area contributed by atoms with Gasteiger partial charge in [-0.25, -0.2) is 4.79 Å². The van der Waals surface area contributed by atoms with Crippen LogP contribution in [0.25, 0.3) is 0 Å². The Hall–Kier alpha value is -1.26. The van der Waals surface area contributed by atoms with Gasteiger partial charge in [0.15, 0.2) is 0 Å². The highest BCUT2D eigenvalue weighted by Crippen LogP contribution is 1.93. The van der Waals surface area contributed by atoms with Gasteiger partial charge in [0.05, 0.1) is 0 Å². The maximum absolute atomic E-state index is 11.4. The van der Waals surface area contributed by atoms with Gasteiger partial charge in [-0.05, 0) is 20.3 Å². The molecule has 5 nitrogen and oxygen atoms in total. The van der Waals surface area contributed by atoms with E-state index in [1.807, 2.05) is 13.8 Å². The lowest BCUT2D eigenvalue weighted by atomic mass is 10.3. The van der Waals surface area contributed by atoms with Crippen molar-refractivity contribution >= 4 is 12.0 Å². The summed E-state index contributed by atoms with van der Waals surface area (Å²) in [7, 11) is 0. The van der Waals surface area contributed by atoms with Gasteiger partial charge in [-0.15, -0.1) is 0 Å². The monoisotopic (exact) mass is 202 g/mol. The van der Waals surface area contributed by atoms with E-state index in [2.05, 4.69) is 5.32 Å². The van der Waals surface area contributed by atoms with E-state index in [-0.39, 0.29) is 6.03 Å². The number of amides is 2. The van der Waals surface area contributed by atoms with E-state index in [4.69, 9.17) is 5.11 Å². The van der Waals surface area contributed by atoms with Crippen molar-refractivity contribution in [2.45, 2.75) is 33.2 Å². The minimum atomic E-state index is -1.02. The number of carboxylic acid groups (broad SMARTS) is 1. The van der Waals surface area contributed by atoms with Crippen LogP contribution in [0.5, 0.6) is 0 Å². The van der Waals surface area contributed by atoms with Crippen molar-refractivity contribution in [2.75, 3.05) is 13.1 Å². The molecule has 0 fully saturated rings. The normalized spacial score (nSPS) is 11.9. The van der Waals surface area contributed by atoms with Crippen LogP contribution in [0.15, 0.2) is 0 Å². The molecule has 0 saturated carbocycles. The van der Waals surface area contributed by atoms with Gasteiger partial charge in [0.25, 0.3) is 0 Å². The lowest BCUT2D eigenvalue weighted by Crippen LogP contribution is -2.46. The Kier molecular flexibility index (Phi) is 5.67. The fraction of sp³-hybridized carbons (Fsp3) is 0.778. The van der Waals surface area contributed by atoms with Crippen LogP contribution in [-0.4, -0.2) is 41.1 Å². The Balaban J connectivity index is 4.09. The predicted molar refractivity (Wildman–Crippen MR) is 53.2 cm³/mol. The lowest BCUT2D eigenvalue weighted by molar-refractivity contribution is -0.138. The minimum Gasteiger partial charge on any atom is -0.480 e. The van der Waals surface area contributed by atoms with Crippen molar-refractivity contribution in [3.8, 4) is 0 Å². The summed E-state index contributed by atoms with van der Waals surface area (Å²) in [6, 6.07) is -1.15. The summed E-state index contributed by atoms with van der Waals surface area (Å²) >= 11 is 0. The third-order valence-corrected chi connectivity index (χ3v) is 1.87. The van der Waals surface area contributed by atoms with E-state index in [0.717, 1.165) is 6.42 Å². The molecule has 5 heteroatoms. The zero-order chi connectivity index (χ0) is 11.1. The number of nitrogens with one attached hydrogen (secondary N) is 1. The van der Waals surface area contributed by atoms with Crippen LogP contribution < -0.4 is 5.32 Å². The summed E-state index contributed by atoms with van der Waals surface area (Å²) in [4.78, 5) is 23.5. The molecule has 0 aliphatic heterocycles. The Bertz CT molecular complexity index is 206. The van der Waals surface area contributed by atoms with Gasteiger partial charge in [-0.1, -0.05) is 6.92 Å². The van der Waals surface area contributed by atoms with Crippen LogP contribution in [0, 0.1) is 0 Å². The van der Waals surface area contributed by atoms with E-state index >= 15 is 0 Å². The van der Waals surface area contributed by atoms with Crippen LogP contribution in [0.2, 0.25) is 0 Å². The molecule has 2 N–H and O–H groups in total. The van der Waals surface area contributed by atoms with Crippen molar-refractivity contribution in [1.82, 2.24) is 10.2 Å². The molecule has 0 heterocycles. The molecular formula is C9H18N2O3. The summed E-state index contributed by atoms with van der Waals surface area (Å²) in [5.74, 6) is -1.02. The molecular weight excluding hydrogens is 184 g/mol. The Morgan fingerprint density at radius 3 is 2.36 bits per heavy atom. The summed E-state index contributed by atoms with van der Waals surface area (Å²) in [6.45, 7) is 6.51. The smallest absolute Gasteiger partial charge is 0.325 e. The summed E-state index contributed by atoms with van der Waals surface area (Å²) in [5, 5.41) is 11.0. The van der Waals surface area contributed by atoms with Crippen LogP contribution in [-0.2, 0) is 4.79 Å². The molecule has 0 bridgehead atoms. The summed E-state index contributed by atoms with van der Waals surface area (Å²) in [5.41, 5.74) is 0. The van der Waals surface area contributed by atoms with Gasteiger partial charge in [-0.2, -0.15) is 0 Å². The first-order valence-corrected chi connectivity index (χ1v) is 4.81. The van der Waals surface area contributed by atoms with E-state index < -0.39 is 12.0 Å². The fourth-order valence-corrected chi connectivity index (χ4v) is 1.01. The largest absolute Gasteiger partial charge is 0.480 e. The number of carboxylic acids is 1. The molecule has 0 aliphatic carbocycles. The molecule has 14 heavy (non-hydrogen) atoms. The molecule has 0 aliphatic rings. The number of urea groups is 1. The highest BCUT2D eigenvalue weighted by molar-refractivity contribution is 5.82. The van der Waals surface area contributed by atoms with Crippen molar-refractivity contribution in [2.24, 2.45) is 0 Å². The van der Waals surface area contributed by atoms with Crippen molar-refractivity contribution in [1.29, 1.82) is 0 Å². The van der Waals surface area contributed by atoms with Crippen LogP contribution in [0.1, 0.15) is 27.2 Å². The van der Waals surface area contributed by atoms with Crippen molar-refractivity contribution < 1.29 is 14.7 Å². The average molecular weight is 202 g/mol. The first-order valence-electron chi connectivity index (χ1n) is 4.81. The highest BCUT2D eigenvalue weighted by atomic mass is 16.4. The number of rotatable bonds is 5. The Morgan fingerprint density at radius 1 is 1.43 bits per heavy atom. The second-order valence-electron chi connectivity index (χ2n) is 3.09. The van der Waals surface area contributed by atoms with Gasteiger partial charge < -0.3 is 15.3 Å². The van der Waals surface area contributed by atoms with Crippen molar-refractivity contribution in [3.63, 3.8) is 0 Å². The second kappa shape index (κ2) is 6.23. The zero-order valence-electron chi connectivity index (χ0n) is 8.91. The number of carbonyl (C=O) groups is 2. The fourth-order valence-electron chi connectivity index (χ4n) is 1.01. The zero-order valence-corrected chi connectivity index (χ0v) is 8.91. The predicted octanol–water partition coefficient (Wildman–Crippen LogP) is 0.901. The van der Waals surface area contributed by atoms with E-state index in [1.54, 1.807) is 4.90 Å². The van der Waals surface area contributed by atoms with Gasteiger partial charge in [-0.3, -0.25) is 4.79 Å². The third kappa shape index (κ3) is 4.11. The molecule has 0 aromatic heterocycles. The first kappa shape index (κ1) is 12.7. The minimum absolute atomic E-state index is 0.316. The van der Waals surface area contributed by atoms with E-state index in [1.165, 1.54) is 6.92 Å². The highest BCUT2D eigenvalue weighted by Gasteiger charge is 2.17. The number of aliphatic carboxylic acids is 1. The molecule has 0 saturated heterocycles. The van der Waals surface area contributed by atoms with E-state index in [0.29, 0.717) is 13.1 Å². The van der Waals surface area contributed by atoms with Gasteiger partial charge >= 0.3 is 12.0 Å². The molecule has 1 atom stereocenters. The number of hydrogen-bond donors (Lipinski definition) is 2. The standard InChI is InChI=1S/C9H18N2O3/c1-4-6-11(5-2)9(14)10-7(3)8(12)13/h7H,4-6H2,1-3H3,(H,10,14)(H,12,13)/t7-/m0/s1. The van der Waals surface area contributed by atoms with Gasteiger partial charge in [0, 0.05) is 13.1 Å². The molecule has 0 unspecified atom stereocenters. The summed E-state index contributed by atoms with van der Waals surface area (Å²) in [6.07, 6.45) is 0.864. The molecule has 0 aromatic rings. The maximum atomic E-state index is 11.4. The molecule has 2 amide bonds. The topological polar surface area (TPSA) is 69.6 Å².